The van der Waals surface area contributed by atoms with Gasteiger partial charge in [0, 0.05) is 11.5 Å². The van der Waals surface area contributed by atoms with Crippen molar-refractivity contribution in [2.45, 2.75) is 4.90 Å². The van der Waals surface area contributed by atoms with E-state index in [0.29, 0.717) is 10.7 Å². The molecule has 0 amide bonds. The van der Waals surface area contributed by atoms with Crippen LogP contribution in [0.15, 0.2) is 51.8 Å². The summed E-state index contributed by atoms with van der Waals surface area (Å²) in [6.07, 6.45) is 0. The fraction of sp³-hybridized carbons (Fsp3) is 0.0769. The molecule has 3 nitrogen and oxygen atoms in total. The van der Waals surface area contributed by atoms with Gasteiger partial charge in [-0.1, -0.05) is 45.2 Å². The fourth-order valence-corrected chi connectivity index (χ4v) is 3.57. The molecule has 0 N–H and O–H groups in total. The Kier molecular flexibility index (Phi) is 4.64. The molecule has 0 heterocycles. The Bertz CT molecular complexity index is 733. The van der Waals surface area contributed by atoms with E-state index in [1.165, 1.54) is 19.2 Å². The van der Waals surface area contributed by atoms with Gasteiger partial charge in [-0.05, 0) is 36.4 Å². The van der Waals surface area contributed by atoms with Gasteiger partial charge in [0.15, 0.2) is 0 Å². The minimum Gasteiger partial charge on any atom is -0.268 e. The van der Waals surface area contributed by atoms with E-state index in [1.54, 1.807) is 30.3 Å². The third kappa shape index (κ3) is 2.96. The van der Waals surface area contributed by atoms with Crippen molar-refractivity contribution in [3.8, 4) is 0 Å². The highest BCUT2D eigenvalue weighted by molar-refractivity contribution is 9.10. The van der Waals surface area contributed by atoms with Crippen LogP contribution < -0.4 is 4.31 Å². The molecule has 0 aliphatic carbocycles. The molecule has 106 valence electrons. The predicted molar refractivity (Wildman–Crippen MR) is 86.2 cm³/mol. The van der Waals surface area contributed by atoms with E-state index in [1.807, 2.05) is 0 Å². The molecule has 0 saturated carbocycles. The second-order valence-electron chi connectivity index (χ2n) is 4.00. The summed E-state index contributed by atoms with van der Waals surface area (Å²) in [4.78, 5) is 0.180. The van der Waals surface area contributed by atoms with E-state index in [2.05, 4.69) is 15.9 Å². The highest BCUT2D eigenvalue weighted by atomic mass is 79.9. The van der Waals surface area contributed by atoms with Crippen molar-refractivity contribution in [3.05, 3.63) is 57.0 Å². The molecule has 0 radical (unpaired) electrons. The molecule has 0 saturated heterocycles. The van der Waals surface area contributed by atoms with E-state index >= 15 is 0 Å². The smallest absolute Gasteiger partial charge is 0.264 e. The van der Waals surface area contributed by atoms with Crippen LogP contribution in [-0.2, 0) is 10.0 Å². The first-order chi connectivity index (χ1) is 9.34. The van der Waals surface area contributed by atoms with Crippen molar-refractivity contribution in [1.29, 1.82) is 0 Å². The number of nitrogens with zero attached hydrogens (tertiary/aromatic N) is 1. The Balaban J connectivity index is 2.49. The molecule has 2 rings (SSSR count). The lowest BCUT2D eigenvalue weighted by Gasteiger charge is -2.21. The van der Waals surface area contributed by atoms with Crippen LogP contribution in [0.3, 0.4) is 0 Å². The topological polar surface area (TPSA) is 37.4 Å². The van der Waals surface area contributed by atoms with Crippen LogP contribution >= 0.6 is 39.1 Å². The maximum absolute atomic E-state index is 12.5. The molecular formula is C13H10BrCl2NO2S. The number of anilines is 1. The van der Waals surface area contributed by atoms with Crippen molar-refractivity contribution in [2.24, 2.45) is 0 Å². The summed E-state index contributed by atoms with van der Waals surface area (Å²) in [5.74, 6) is 0. The summed E-state index contributed by atoms with van der Waals surface area (Å²) in [5, 5.41) is 0.513. The van der Waals surface area contributed by atoms with Crippen molar-refractivity contribution in [2.75, 3.05) is 11.4 Å². The summed E-state index contributed by atoms with van der Waals surface area (Å²) in [5.41, 5.74) is 0.335. The van der Waals surface area contributed by atoms with Crippen LogP contribution in [0, 0.1) is 0 Å². The van der Waals surface area contributed by atoms with Gasteiger partial charge in [0.2, 0.25) is 0 Å². The molecule has 0 atom stereocenters. The number of benzene rings is 2. The van der Waals surface area contributed by atoms with Crippen LogP contribution in [0.5, 0.6) is 0 Å². The Morgan fingerprint density at radius 1 is 1.05 bits per heavy atom. The largest absolute Gasteiger partial charge is 0.268 e. The number of rotatable bonds is 3. The van der Waals surface area contributed by atoms with Gasteiger partial charge in [0.1, 0.15) is 0 Å². The Morgan fingerprint density at radius 3 is 2.25 bits per heavy atom. The van der Waals surface area contributed by atoms with Crippen molar-refractivity contribution in [3.63, 3.8) is 0 Å². The zero-order valence-electron chi connectivity index (χ0n) is 10.3. The highest BCUT2D eigenvalue weighted by Gasteiger charge is 2.23. The first-order valence-electron chi connectivity index (χ1n) is 5.52. The minimum absolute atomic E-state index is 0.180. The van der Waals surface area contributed by atoms with Gasteiger partial charge in [-0.15, -0.1) is 0 Å². The van der Waals surface area contributed by atoms with E-state index < -0.39 is 10.0 Å². The van der Waals surface area contributed by atoms with Gasteiger partial charge < -0.3 is 0 Å². The van der Waals surface area contributed by atoms with Crippen LogP contribution in [0.2, 0.25) is 10.0 Å². The van der Waals surface area contributed by atoms with Gasteiger partial charge >= 0.3 is 0 Å². The molecule has 0 spiro atoms. The number of halogens is 3. The second kappa shape index (κ2) is 5.93. The fourth-order valence-electron chi connectivity index (χ4n) is 1.63. The monoisotopic (exact) mass is 393 g/mol. The molecule has 20 heavy (non-hydrogen) atoms. The van der Waals surface area contributed by atoms with Gasteiger partial charge in [-0.25, -0.2) is 8.42 Å². The lowest BCUT2D eigenvalue weighted by molar-refractivity contribution is 0.594. The van der Waals surface area contributed by atoms with Crippen LogP contribution in [0.25, 0.3) is 0 Å². The summed E-state index contributed by atoms with van der Waals surface area (Å²) in [7, 11) is -2.24. The van der Waals surface area contributed by atoms with Crippen molar-refractivity contribution < 1.29 is 8.42 Å². The molecular weight excluding hydrogens is 385 g/mol. The minimum atomic E-state index is -3.68. The number of hydrogen-bond acceptors (Lipinski definition) is 2. The normalized spacial score (nSPS) is 11.4. The molecule has 2 aromatic carbocycles. The quantitative estimate of drug-likeness (QED) is 0.763. The Morgan fingerprint density at radius 2 is 1.65 bits per heavy atom. The lowest BCUT2D eigenvalue weighted by atomic mass is 10.3. The number of sulfonamides is 1. The van der Waals surface area contributed by atoms with Gasteiger partial charge in [-0.2, -0.15) is 0 Å². The Hall–Kier alpha value is -0.750. The molecule has 0 fully saturated rings. The maximum atomic E-state index is 12.5. The second-order valence-corrected chi connectivity index (χ2v) is 7.67. The predicted octanol–water partition coefficient (Wildman–Crippen LogP) is 4.58. The van der Waals surface area contributed by atoms with Crippen LogP contribution in [0.1, 0.15) is 0 Å². The molecule has 2 aromatic rings. The van der Waals surface area contributed by atoms with E-state index in [-0.39, 0.29) is 9.92 Å². The van der Waals surface area contributed by atoms with Crippen molar-refractivity contribution in [1.82, 2.24) is 0 Å². The Labute approximate surface area is 136 Å². The standard InChI is InChI=1S/C13H10BrCl2NO2S/c1-17(12-4-2-3-11(15)13(12)16)20(18,19)10-7-5-9(14)6-8-10/h2-8H,1H3. The molecule has 0 bridgehead atoms. The highest BCUT2D eigenvalue weighted by Crippen LogP contribution is 2.34. The van der Waals surface area contributed by atoms with Crippen molar-refractivity contribution >= 4 is 54.8 Å². The van der Waals surface area contributed by atoms with E-state index in [9.17, 15) is 8.42 Å². The van der Waals surface area contributed by atoms with Gasteiger partial charge in [-0.3, -0.25) is 4.31 Å². The summed E-state index contributed by atoms with van der Waals surface area (Å²) < 4.78 is 27.0. The molecule has 7 heteroatoms. The third-order valence-corrected chi connectivity index (χ3v) is 5.87. The SMILES string of the molecule is CN(c1cccc(Cl)c1Cl)S(=O)(=O)c1ccc(Br)cc1. The molecule has 0 aliphatic rings. The van der Waals surface area contributed by atoms with Crippen LogP contribution in [0.4, 0.5) is 5.69 Å². The van der Waals surface area contributed by atoms with Gasteiger partial charge in [0.25, 0.3) is 10.0 Å². The summed E-state index contributed by atoms with van der Waals surface area (Å²) in [6.45, 7) is 0. The van der Waals surface area contributed by atoms with E-state index in [4.69, 9.17) is 23.2 Å². The zero-order valence-corrected chi connectivity index (χ0v) is 14.3. The average molecular weight is 395 g/mol. The third-order valence-electron chi connectivity index (χ3n) is 2.74. The molecule has 0 aromatic heterocycles. The lowest BCUT2D eigenvalue weighted by Crippen LogP contribution is -2.26. The molecule has 0 aliphatic heterocycles. The van der Waals surface area contributed by atoms with Gasteiger partial charge in [0.05, 0.1) is 20.6 Å². The first kappa shape index (κ1) is 15.6. The van der Waals surface area contributed by atoms with Crippen LogP contribution in [-0.4, -0.2) is 15.5 Å². The summed E-state index contributed by atoms with van der Waals surface area (Å²) >= 11 is 15.2. The first-order valence-corrected chi connectivity index (χ1v) is 8.51. The number of hydrogen-bond donors (Lipinski definition) is 0. The zero-order chi connectivity index (χ0) is 14.9. The summed E-state index contributed by atoms with van der Waals surface area (Å²) in [6, 6.07) is 11.2. The van der Waals surface area contributed by atoms with E-state index in [0.717, 1.165) is 8.78 Å². The maximum Gasteiger partial charge on any atom is 0.264 e. The molecule has 0 unspecified atom stereocenters. The average Bonchev–Trinajstić information content (AvgIpc) is 2.41.